The summed E-state index contributed by atoms with van der Waals surface area (Å²) in [6.45, 7) is 2.06. The molecule has 1 aromatic heterocycles. The van der Waals surface area contributed by atoms with Crippen molar-refractivity contribution in [3.05, 3.63) is 40.2 Å². The maximum absolute atomic E-state index is 11.7. The highest BCUT2D eigenvalue weighted by Gasteiger charge is 2.27. The third kappa shape index (κ3) is 2.32. The Labute approximate surface area is 103 Å². The molecule has 0 bridgehead atoms. The van der Waals surface area contributed by atoms with E-state index in [9.17, 15) is 14.4 Å². The lowest BCUT2D eigenvalue weighted by atomic mass is 10.3. The maximum Gasteiger partial charge on any atom is 0.336 e. The van der Waals surface area contributed by atoms with Crippen molar-refractivity contribution in [2.45, 2.75) is 6.92 Å². The number of carbonyl (C=O) groups is 2. The van der Waals surface area contributed by atoms with Crippen LogP contribution in [0.3, 0.4) is 0 Å². The van der Waals surface area contributed by atoms with Gasteiger partial charge in [0.2, 0.25) is 5.56 Å². The lowest BCUT2D eigenvalue weighted by molar-refractivity contribution is -0.138. The van der Waals surface area contributed by atoms with E-state index in [1.165, 1.54) is 17.0 Å². The van der Waals surface area contributed by atoms with Crippen molar-refractivity contribution in [1.82, 2.24) is 4.98 Å². The third-order valence-electron chi connectivity index (χ3n) is 2.47. The molecular formula is C12H12N2O4. The molecule has 0 aromatic carbocycles. The summed E-state index contributed by atoms with van der Waals surface area (Å²) < 4.78 is 4.82. The highest BCUT2D eigenvalue weighted by atomic mass is 16.5. The smallest absolute Gasteiger partial charge is 0.336 e. The van der Waals surface area contributed by atoms with Crippen LogP contribution in [-0.2, 0) is 14.3 Å². The van der Waals surface area contributed by atoms with Crippen molar-refractivity contribution in [3.63, 3.8) is 0 Å². The lowest BCUT2D eigenvalue weighted by Crippen LogP contribution is -2.28. The molecule has 0 saturated carbocycles. The van der Waals surface area contributed by atoms with Crippen LogP contribution in [0.15, 0.2) is 34.6 Å². The zero-order valence-corrected chi connectivity index (χ0v) is 9.80. The Morgan fingerprint density at radius 2 is 2.22 bits per heavy atom. The summed E-state index contributed by atoms with van der Waals surface area (Å²) in [5.41, 5.74) is -0.0172. The first-order valence-electron chi connectivity index (χ1n) is 5.50. The second kappa shape index (κ2) is 4.87. The summed E-state index contributed by atoms with van der Waals surface area (Å²) in [6.07, 6.45) is 1.23. The minimum Gasteiger partial charge on any atom is -0.463 e. The highest BCUT2D eigenvalue weighted by Crippen LogP contribution is 2.18. The number of H-pyrrole nitrogens is 1. The van der Waals surface area contributed by atoms with Crippen LogP contribution in [0.4, 0.5) is 5.82 Å². The molecule has 0 fully saturated rings. The van der Waals surface area contributed by atoms with E-state index < -0.39 is 5.97 Å². The molecule has 1 aliphatic heterocycles. The molecule has 6 heteroatoms. The number of nitrogens with one attached hydrogen (secondary N) is 1. The van der Waals surface area contributed by atoms with Gasteiger partial charge in [0.05, 0.1) is 18.7 Å². The number of esters is 1. The van der Waals surface area contributed by atoms with Crippen molar-refractivity contribution in [3.8, 4) is 0 Å². The lowest BCUT2D eigenvalue weighted by Gasteiger charge is -2.15. The fraction of sp³-hybridized carbons (Fsp3) is 0.250. The molecule has 1 amide bonds. The number of nitrogens with zero attached hydrogens (tertiary/aromatic N) is 1. The number of rotatable bonds is 3. The number of amides is 1. The van der Waals surface area contributed by atoms with Gasteiger partial charge in [0.1, 0.15) is 5.82 Å². The minimum atomic E-state index is -0.508. The van der Waals surface area contributed by atoms with E-state index in [0.29, 0.717) is 5.82 Å². The summed E-state index contributed by atoms with van der Waals surface area (Å²) in [4.78, 5) is 38.2. The van der Waals surface area contributed by atoms with E-state index in [-0.39, 0.29) is 30.2 Å². The number of ether oxygens (including phenoxy) is 1. The predicted molar refractivity (Wildman–Crippen MR) is 64.1 cm³/mol. The molecule has 0 saturated heterocycles. The van der Waals surface area contributed by atoms with Gasteiger partial charge in [0, 0.05) is 12.1 Å². The molecule has 1 aromatic rings. The standard InChI is InChI=1S/C12H12N2O4/c1-2-18-12(17)8-6-11(16)14(7-8)9-4-3-5-10(15)13-9/h3-6H,2,7H2,1H3,(H,13,15). The Morgan fingerprint density at radius 1 is 1.44 bits per heavy atom. The van der Waals surface area contributed by atoms with Gasteiger partial charge in [-0.05, 0) is 13.0 Å². The Balaban J connectivity index is 2.19. The van der Waals surface area contributed by atoms with Gasteiger partial charge in [0.25, 0.3) is 5.91 Å². The highest BCUT2D eigenvalue weighted by molar-refractivity contribution is 6.11. The molecule has 0 aliphatic carbocycles. The maximum atomic E-state index is 11.7. The summed E-state index contributed by atoms with van der Waals surface area (Å²) in [5, 5.41) is 0. The van der Waals surface area contributed by atoms with Gasteiger partial charge >= 0.3 is 5.97 Å². The van der Waals surface area contributed by atoms with Crippen LogP contribution in [0.25, 0.3) is 0 Å². The van der Waals surface area contributed by atoms with Gasteiger partial charge in [-0.1, -0.05) is 6.07 Å². The van der Waals surface area contributed by atoms with E-state index in [2.05, 4.69) is 4.98 Å². The largest absolute Gasteiger partial charge is 0.463 e. The first kappa shape index (κ1) is 12.1. The zero-order valence-electron chi connectivity index (χ0n) is 9.80. The zero-order chi connectivity index (χ0) is 13.1. The van der Waals surface area contributed by atoms with Gasteiger partial charge in [-0.2, -0.15) is 0 Å². The van der Waals surface area contributed by atoms with Crippen LogP contribution < -0.4 is 10.5 Å². The number of hydrogen-bond acceptors (Lipinski definition) is 4. The van der Waals surface area contributed by atoms with E-state index >= 15 is 0 Å². The minimum absolute atomic E-state index is 0.109. The molecule has 0 atom stereocenters. The number of anilines is 1. The molecule has 1 aliphatic rings. The molecule has 18 heavy (non-hydrogen) atoms. The second-order valence-corrected chi connectivity index (χ2v) is 3.71. The van der Waals surface area contributed by atoms with Crippen molar-refractivity contribution in [2.24, 2.45) is 0 Å². The fourth-order valence-corrected chi connectivity index (χ4v) is 1.67. The SMILES string of the molecule is CCOC(=O)C1=CC(=O)N(c2cccc(=O)[nH]2)C1. The van der Waals surface area contributed by atoms with Gasteiger partial charge < -0.3 is 9.72 Å². The average Bonchev–Trinajstić information content (AvgIpc) is 2.72. The van der Waals surface area contributed by atoms with E-state index in [1.807, 2.05) is 0 Å². The molecule has 0 radical (unpaired) electrons. The van der Waals surface area contributed by atoms with Crippen molar-refractivity contribution in [1.29, 1.82) is 0 Å². The molecule has 2 heterocycles. The van der Waals surface area contributed by atoms with Gasteiger partial charge in [-0.15, -0.1) is 0 Å². The number of aromatic amines is 1. The summed E-state index contributed by atoms with van der Waals surface area (Å²) in [5.74, 6) is -0.491. The van der Waals surface area contributed by atoms with Crippen LogP contribution in [-0.4, -0.2) is 30.0 Å². The topological polar surface area (TPSA) is 79.5 Å². The first-order chi connectivity index (χ1) is 8.61. The van der Waals surface area contributed by atoms with Gasteiger partial charge in [-0.25, -0.2) is 4.79 Å². The molecule has 0 unspecified atom stereocenters. The number of carbonyl (C=O) groups excluding carboxylic acids is 2. The number of pyridine rings is 1. The van der Waals surface area contributed by atoms with Crippen molar-refractivity contribution >= 4 is 17.7 Å². The van der Waals surface area contributed by atoms with Crippen LogP contribution in [0.1, 0.15) is 6.92 Å². The van der Waals surface area contributed by atoms with Gasteiger partial charge in [0.15, 0.2) is 0 Å². The van der Waals surface area contributed by atoms with Crippen molar-refractivity contribution < 1.29 is 14.3 Å². The second-order valence-electron chi connectivity index (χ2n) is 3.71. The number of hydrogen-bond donors (Lipinski definition) is 1. The van der Waals surface area contributed by atoms with Gasteiger partial charge in [-0.3, -0.25) is 14.5 Å². The Morgan fingerprint density at radius 3 is 2.89 bits per heavy atom. The average molecular weight is 248 g/mol. The predicted octanol–water partition coefficient (Wildman–Crippen LogP) is 0.211. The Bertz CT molecular complexity index is 573. The van der Waals surface area contributed by atoms with E-state index in [4.69, 9.17) is 4.74 Å². The van der Waals surface area contributed by atoms with Crippen molar-refractivity contribution in [2.75, 3.05) is 18.1 Å². The van der Waals surface area contributed by atoms with Crippen LogP contribution in [0, 0.1) is 0 Å². The van der Waals surface area contributed by atoms with Crippen LogP contribution >= 0.6 is 0 Å². The third-order valence-corrected chi connectivity index (χ3v) is 2.47. The van der Waals surface area contributed by atoms with E-state index in [0.717, 1.165) is 0 Å². The summed E-state index contributed by atoms with van der Waals surface area (Å²) >= 11 is 0. The quantitative estimate of drug-likeness (QED) is 0.775. The molecule has 1 N–H and O–H groups in total. The number of aromatic nitrogens is 1. The summed E-state index contributed by atoms with van der Waals surface area (Å²) in [6, 6.07) is 4.49. The van der Waals surface area contributed by atoms with Crippen LogP contribution in [0.2, 0.25) is 0 Å². The van der Waals surface area contributed by atoms with E-state index in [1.54, 1.807) is 19.1 Å². The fourth-order valence-electron chi connectivity index (χ4n) is 1.67. The molecule has 2 rings (SSSR count). The first-order valence-corrected chi connectivity index (χ1v) is 5.50. The Kier molecular flexibility index (Phi) is 3.27. The normalized spacial score (nSPS) is 14.6. The Hall–Kier alpha value is -2.37. The van der Waals surface area contributed by atoms with Crippen LogP contribution in [0.5, 0.6) is 0 Å². The molecule has 94 valence electrons. The monoisotopic (exact) mass is 248 g/mol. The summed E-state index contributed by atoms with van der Waals surface area (Å²) in [7, 11) is 0. The molecule has 0 spiro atoms. The molecular weight excluding hydrogens is 236 g/mol. The molecule has 6 nitrogen and oxygen atoms in total.